The Balaban J connectivity index is 1.89. The molecule has 1 N–H and O–H groups in total. The molecule has 1 heterocycles. The van der Waals surface area contributed by atoms with Crippen molar-refractivity contribution in [1.82, 2.24) is 10.3 Å². The number of nitrogens with one attached hydrogen (secondary N) is 1. The average molecular weight is 218 g/mol. The van der Waals surface area contributed by atoms with Crippen molar-refractivity contribution in [3.8, 4) is 0 Å². The number of hydrogen-bond acceptors (Lipinski definition) is 2. The molecule has 0 aromatic carbocycles. The molecule has 1 aromatic heterocycles. The Hall–Kier alpha value is -0.890. The van der Waals surface area contributed by atoms with Gasteiger partial charge in [-0.2, -0.15) is 0 Å². The highest BCUT2D eigenvalue weighted by Crippen LogP contribution is 2.28. The van der Waals surface area contributed by atoms with Gasteiger partial charge in [0.05, 0.1) is 5.69 Å². The predicted molar refractivity (Wildman–Crippen MR) is 67.2 cm³/mol. The molecule has 0 saturated heterocycles. The van der Waals surface area contributed by atoms with Gasteiger partial charge in [0.1, 0.15) is 0 Å². The number of hydrogen-bond donors (Lipinski definition) is 1. The van der Waals surface area contributed by atoms with Gasteiger partial charge in [-0.25, -0.2) is 0 Å². The summed E-state index contributed by atoms with van der Waals surface area (Å²) in [5.41, 5.74) is 1.15. The first-order chi connectivity index (χ1) is 7.77. The van der Waals surface area contributed by atoms with Crippen molar-refractivity contribution in [2.75, 3.05) is 0 Å². The van der Waals surface area contributed by atoms with Crippen LogP contribution in [0.15, 0.2) is 24.4 Å². The third-order valence-corrected chi connectivity index (χ3v) is 3.75. The normalized spacial score (nSPS) is 20.9. The van der Waals surface area contributed by atoms with E-state index in [1.807, 2.05) is 12.3 Å². The van der Waals surface area contributed by atoms with Crippen LogP contribution >= 0.6 is 0 Å². The summed E-state index contributed by atoms with van der Waals surface area (Å²) in [6.45, 7) is 4.52. The molecule has 0 radical (unpaired) electrons. The number of nitrogens with zero attached hydrogens (tertiary/aromatic N) is 1. The minimum Gasteiger partial charge on any atom is -0.306 e. The zero-order chi connectivity index (χ0) is 11.4. The highest BCUT2D eigenvalue weighted by atomic mass is 15.0. The molecule has 88 valence electrons. The van der Waals surface area contributed by atoms with Gasteiger partial charge in [0.2, 0.25) is 0 Å². The van der Waals surface area contributed by atoms with Crippen molar-refractivity contribution in [2.45, 2.75) is 51.6 Å². The molecule has 2 nitrogen and oxygen atoms in total. The zero-order valence-electron chi connectivity index (χ0n) is 10.3. The highest BCUT2D eigenvalue weighted by molar-refractivity contribution is 5.07. The Morgan fingerprint density at radius 1 is 1.25 bits per heavy atom. The molecule has 0 bridgehead atoms. The lowest BCUT2D eigenvalue weighted by molar-refractivity contribution is 0.350. The standard InChI is InChI=1S/C14H22N2/c1-11(13-7-3-4-8-13)16-12(2)14-9-5-6-10-15-14/h5-6,9-13,16H,3-4,7-8H2,1-2H3. The second-order valence-corrected chi connectivity index (χ2v) is 4.98. The van der Waals surface area contributed by atoms with E-state index in [1.165, 1.54) is 25.7 Å². The van der Waals surface area contributed by atoms with Crippen molar-refractivity contribution in [3.63, 3.8) is 0 Å². The van der Waals surface area contributed by atoms with Gasteiger partial charge >= 0.3 is 0 Å². The second-order valence-electron chi connectivity index (χ2n) is 4.98. The minimum atomic E-state index is 0.358. The summed E-state index contributed by atoms with van der Waals surface area (Å²) in [5.74, 6) is 0.867. The molecule has 1 aromatic rings. The molecule has 0 amide bonds. The lowest BCUT2D eigenvalue weighted by atomic mass is 9.98. The van der Waals surface area contributed by atoms with Gasteiger partial charge < -0.3 is 5.32 Å². The van der Waals surface area contributed by atoms with E-state index in [9.17, 15) is 0 Å². The van der Waals surface area contributed by atoms with Gasteiger partial charge in [-0.05, 0) is 44.7 Å². The molecular formula is C14H22N2. The van der Waals surface area contributed by atoms with Gasteiger partial charge in [0.25, 0.3) is 0 Å². The minimum absolute atomic E-state index is 0.358. The Kier molecular flexibility index (Phi) is 3.94. The SMILES string of the molecule is CC(NC(C)C1CCCC1)c1ccccn1. The smallest absolute Gasteiger partial charge is 0.0570 e. The van der Waals surface area contributed by atoms with Gasteiger partial charge in [-0.1, -0.05) is 18.9 Å². The maximum Gasteiger partial charge on any atom is 0.0570 e. The number of pyridine rings is 1. The van der Waals surface area contributed by atoms with E-state index in [1.54, 1.807) is 0 Å². The van der Waals surface area contributed by atoms with Crippen LogP contribution in [0.5, 0.6) is 0 Å². The van der Waals surface area contributed by atoms with Crippen LogP contribution in [0, 0.1) is 5.92 Å². The molecule has 1 aliphatic rings. The summed E-state index contributed by atoms with van der Waals surface area (Å²) in [6, 6.07) is 7.09. The van der Waals surface area contributed by atoms with Crippen LogP contribution in [-0.4, -0.2) is 11.0 Å². The maximum atomic E-state index is 4.40. The molecule has 2 atom stereocenters. The average Bonchev–Trinajstić information content (AvgIpc) is 2.83. The Labute approximate surface area is 98.5 Å². The topological polar surface area (TPSA) is 24.9 Å². The van der Waals surface area contributed by atoms with Crippen molar-refractivity contribution < 1.29 is 0 Å². The fraction of sp³-hybridized carbons (Fsp3) is 0.643. The van der Waals surface area contributed by atoms with Crippen LogP contribution in [0.1, 0.15) is 51.3 Å². The molecule has 2 unspecified atom stereocenters. The predicted octanol–water partition coefficient (Wildman–Crippen LogP) is 3.31. The van der Waals surface area contributed by atoms with Crippen molar-refractivity contribution >= 4 is 0 Å². The van der Waals surface area contributed by atoms with E-state index in [0.717, 1.165) is 11.6 Å². The van der Waals surface area contributed by atoms with E-state index in [0.29, 0.717) is 12.1 Å². The van der Waals surface area contributed by atoms with Crippen LogP contribution in [0.2, 0.25) is 0 Å². The van der Waals surface area contributed by atoms with Gasteiger partial charge in [-0.15, -0.1) is 0 Å². The largest absolute Gasteiger partial charge is 0.306 e. The monoisotopic (exact) mass is 218 g/mol. The van der Waals surface area contributed by atoms with Gasteiger partial charge in [0, 0.05) is 18.3 Å². The summed E-state index contributed by atoms with van der Waals surface area (Å²) >= 11 is 0. The summed E-state index contributed by atoms with van der Waals surface area (Å²) in [6.07, 6.45) is 7.48. The molecule has 1 fully saturated rings. The van der Waals surface area contributed by atoms with E-state index >= 15 is 0 Å². The fourth-order valence-electron chi connectivity index (χ4n) is 2.71. The maximum absolute atomic E-state index is 4.40. The molecule has 1 aliphatic carbocycles. The van der Waals surface area contributed by atoms with Gasteiger partial charge in [-0.3, -0.25) is 4.98 Å². The third kappa shape index (κ3) is 2.82. The lowest BCUT2D eigenvalue weighted by Crippen LogP contribution is -2.34. The zero-order valence-corrected chi connectivity index (χ0v) is 10.3. The highest BCUT2D eigenvalue weighted by Gasteiger charge is 2.22. The fourth-order valence-corrected chi connectivity index (χ4v) is 2.71. The van der Waals surface area contributed by atoms with Crippen LogP contribution < -0.4 is 5.32 Å². The second kappa shape index (κ2) is 5.44. The molecule has 0 spiro atoms. The Bertz CT molecular complexity index is 304. The van der Waals surface area contributed by atoms with E-state index in [-0.39, 0.29) is 0 Å². The quantitative estimate of drug-likeness (QED) is 0.838. The summed E-state index contributed by atoms with van der Waals surface area (Å²) in [7, 11) is 0. The molecule has 2 rings (SSSR count). The Morgan fingerprint density at radius 3 is 2.62 bits per heavy atom. The van der Waals surface area contributed by atoms with E-state index in [4.69, 9.17) is 0 Å². The van der Waals surface area contributed by atoms with Crippen LogP contribution in [-0.2, 0) is 0 Å². The third-order valence-electron chi connectivity index (χ3n) is 3.75. The van der Waals surface area contributed by atoms with E-state index < -0.39 is 0 Å². The van der Waals surface area contributed by atoms with Crippen LogP contribution in [0.25, 0.3) is 0 Å². The van der Waals surface area contributed by atoms with E-state index in [2.05, 4.69) is 36.3 Å². The van der Waals surface area contributed by atoms with Crippen molar-refractivity contribution in [2.24, 2.45) is 5.92 Å². The summed E-state index contributed by atoms with van der Waals surface area (Å²) in [5, 5.41) is 3.68. The van der Waals surface area contributed by atoms with Gasteiger partial charge in [0.15, 0.2) is 0 Å². The van der Waals surface area contributed by atoms with Crippen molar-refractivity contribution in [1.29, 1.82) is 0 Å². The van der Waals surface area contributed by atoms with Crippen molar-refractivity contribution in [3.05, 3.63) is 30.1 Å². The lowest BCUT2D eigenvalue weighted by Gasteiger charge is -2.24. The number of rotatable bonds is 4. The first-order valence-corrected chi connectivity index (χ1v) is 6.44. The Morgan fingerprint density at radius 2 is 2.00 bits per heavy atom. The molecule has 16 heavy (non-hydrogen) atoms. The summed E-state index contributed by atoms with van der Waals surface area (Å²) < 4.78 is 0. The first kappa shape index (κ1) is 11.6. The molecular weight excluding hydrogens is 196 g/mol. The first-order valence-electron chi connectivity index (χ1n) is 6.44. The molecule has 1 saturated carbocycles. The molecule has 2 heteroatoms. The number of aromatic nitrogens is 1. The van der Waals surface area contributed by atoms with Crippen LogP contribution in [0.3, 0.4) is 0 Å². The van der Waals surface area contributed by atoms with Crippen LogP contribution in [0.4, 0.5) is 0 Å². The summed E-state index contributed by atoms with van der Waals surface area (Å²) in [4.78, 5) is 4.40. The molecule has 0 aliphatic heterocycles.